The van der Waals surface area contributed by atoms with Gasteiger partial charge in [-0.25, -0.2) is 0 Å². The number of carbonyl (C=O) groups is 3. The lowest BCUT2D eigenvalue weighted by atomic mass is 10.1. The highest BCUT2D eigenvalue weighted by molar-refractivity contribution is 6.22. The molecule has 0 spiro atoms. The predicted molar refractivity (Wildman–Crippen MR) is 129 cm³/mol. The van der Waals surface area contributed by atoms with Crippen molar-refractivity contribution in [1.29, 1.82) is 0 Å². The summed E-state index contributed by atoms with van der Waals surface area (Å²) in [6.07, 6.45) is 0.564. The van der Waals surface area contributed by atoms with Gasteiger partial charge in [0, 0.05) is 18.7 Å². The summed E-state index contributed by atoms with van der Waals surface area (Å²) in [5.41, 5.74) is 2.62. The second kappa shape index (κ2) is 10.3. The van der Waals surface area contributed by atoms with Gasteiger partial charge in [0.1, 0.15) is 0 Å². The highest BCUT2D eigenvalue weighted by atomic mass is 16.5. The molecule has 1 heterocycles. The van der Waals surface area contributed by atoms with Gasteiger partial charge in [0.2, 0.25) is 5.75 Å². The van der Waals surface area contributed by atoms with Gasteiger partial charge in [0.25, 0.3) is 17.7 Å². The van der Waals surface area contributed by atoms with Crippen LogP contribution in [0.2, 0.25) is 0 Å². The molecular formula is C27H26N2O6. The molecule has 3 amide bonds. The normalized spacial score (nSPS) is 12.4. The van der Waals surface area contributed by atoms with Crippen molar-refractivity contribution in [2.24, 2.45) is 0 Å². The molecule has 0 aliphatic carbocycles. The third kappa shape index (κ3) is 4.82. The molecule has 0 saturated heterocycles. The number of hydrogen-bond donors (Lipinski definition) is 1. The van der Waals surface area contributed by atoms with Gasteiger partial charge in [0.15, 0.2) is 11.5 Å². The zero-order valence-electron chi connectivity index (χ0n) is 19.8. The Bertz CT molecular complexity index is 1250. The van der Waals surface area contributed by atoms with Crippen molar-refractivity contribution >= 4 is 17.7 Å². The summed E-state index contributed by atoms with van der Waals surface area (Å²) in [5.74, 6) is 0.320. The van der Waals surface area contributed by atoms with Crippen molar-refractivity contribution in [3.63, 3.8) is 0 Å². The summed E-state index contributed by atoms with van der Waals surface area (Å²) in [4.78, 5) is 39.7. The van der Waals surface area contributed by atoms with Crippen molar-refractivity contribution < 1.29 is 28.6 Å². The number of imide groups is 1. The van der Waals surface area contributed by atoms with E-state index in [9.17, 15) is 14.4 Å². The Morgan fingerprint density at radius 1 is 0.800 bits per heavy atom. The molecule has 3 aromatic rings. The van der Waals surface area contributed by atoms with E-state index >= 15 is 0 Å². The summed E-state index contributed by atoms with van der Waals surface area (Å²) in [6, 6.07) is 17.7. The van der Waals surface area contributed by atoms with Crippen molar-refractivity contribution in [3.05, 3.63) is 88.5 Å². The molecule has 8 heteroatoms. The lowest BCUT2D eigenvalue weighted by Gasteiger charge is -2.14. The molecule has 0 unspecified atom stereocenters. The first kappa shape index (κ1) is 23.8. The molecule has 0 fully saturated rings. The number of ether oxygens (including phenoxy) is 3. The van der Waals surface area contributed by atoms with E-state index in [-0.39, 0.29) is 36.4 Å². The minimum Gasteiger partial charge on any atom is -0.493 e. The minimum absolute atomic E-state index is 0.197. The number of hydrogen-bond acceptors (Lipinski definition) is 6. The molecule has 3 aromatic carbocycles. The lowest BCUT2D eigenvalue weighted by Crippen LogP contribution is -2.31. The van der Waals surface area contributed by atoms with E-state index in [4.69, 9.17) is 14.2 Å². The van der Waals surface area contributed by atoms with Crippen LogP contribution in [-0.4, -0.2) is 50.5 Å². The SMILES string of the molecule is COc1cc(CNC(=O)c2ccc3c(c2)C(=O)N(CCc2ccccc2)C3=O)cc(OC)c1OC. The van der Waals surface area contributed by atoms with Gasteiger partial charge in [-0.05, 0) is 47.9 Å². The Hall–Kier alpha value is -4.33. The summed E-state index contributed by atoms with van der Waals surface area (Å²) in [6.45, 7) is 0.474. The van der Waals surface area contributed by atoms with E-state index in [2.05, 4.69) is 5.32 Å². The van der Waals surface area contributed by atoms with Gasteiger partial charge < -0.3 is 19.5 Å². The van der Waals surface area contributed by atoms with Crippen LogP contribution in [0.15, 0.2) is 60.7 Å². The fourth-order valence-corrected chi connectivity index (χ4v) is 4.04. The molecule has 0 radical (unpaired) electrons. The number of amides is 3. The zero-order valence-corrected chi connectivity index (χ0v) is 19.8. The number of methoxy groups -OCH3 is 3. The Kier molecular flexibility index (Phi) is 7.01. The molecule has 0 bridgehead atoms. The fourth-order valence-electron chi connectivity index (χ4n) is 4.04. The summed E-state index contributed by atoms with van der Waals surface area (Å²) in [5, 5.41) is 2.83. The van der Waals surface area contributed by atoms with Gasteiger partial charge in [-0.2, -0.15) is 0 Å². The third-order valence-corrected chi connectivity index (χ3v) is 5.88. The van der Waals surface area contributed by atoms with Crippen LogP contribution in [-0.2, 0) is 13.0 Å². The van der Waals surface area contributed by atoms with Gasteiger partial charge >= 0.3 is 0 Å². The van der Waals surface area contributed by atoms with Gasteiger partial charge in [-0.15, -0.1) is 0 Å². The standard InChI is InChI=1S/C27H26N2O6/c1-33-22-13-18(14-23(34-2)24(22)35-3)16-28-25(30)19-9-10-20-21(15-19)27(32)29(26(20)31)12-11-17-7-5-4-6-8-17/h4-10,13-15H,11-12,16H2,1-3H3,(H,28,30). The predicted octanol–water partition coefficient (Wildman–Crippen LogP) is 3.48. The summed E-state index contributed by atoms with van der Waals surface area (Å²) < 4.78 is 16.0. The third-order valence-electron chi connectivity index (χ3n) is 5.88. The number of rotatable bonds is 9. The molecule has 0 saturated carbocycles. The summed E-state index contributed by atoms with van der Waals surface area (Å²) in [7, 11) is 4.56. The average Bonchev–Trinajstić information content (AvgIpc) is 3.14. The fraction of sp³-hybridized carbons (Fsp3) is 0.222. The molecule has 35 heavy (non-hydrogen) atoms. The lowest BCUT2D eigenvalue weighted by molar-refractivity contribution is 0.0656. The first-order chi connectivity index (χ1) is 17.0. The Morgan fingerprint density at radius 3 is 2.09 bits per heavy atom. The van der Waals surface area contributed by atoms with Gasteiger partial charge in [-0.1, -0.05) is 30.3 Å². The molecule has 8 nitrogen and oxygen atoms in total. The van der Waals surface area contributed by atoms with Crippen LogP contribution in [0.4, 0.5) is 0 Å². The molecular weight excluding hydrogens is 448 g/mol. The van der Waals surface area contributed by atoms with E-state index in [1.165, 1.54) is 38.4 Å². The zero-order chi connectivity index (χ0) is 24.9. The number of nitrogens with zero attached hydrogens (tertiary/aromatic N) is 1. The number of fused-ring (bicyclic) bond motifs is 1. The van der Waals surface area contributed by atoms with E-state index in [0.29, 0.717) is 34.8 Å². The molecule has 1 N–H and O–H groups in total. The number of benzene rings is 3. The Labute approximate surface area is 203 Å². The number of nitrogens with one attached hydrogen (secondary N) is 1. The minimum atomic E-state index is -0.389. The molecule has 0 aromatic heterocycles. The van der Waals surface area contributed by atoms with E-state index in [1.54, 1.807) is 18.2 Å². The van der Waals surface area contributed by atoms with Gasteiger partial charge in [-0.3, -0.25) is 19.3 Å². The van der Waals surface area contributed by atoms with Gasteiger partial charge in [0.05, 0.1) is 32.5 Å². The first-order valence-corrected chi connectivity index (χ1v) is 11.1. The highest BCUT2D eigenvalue weighted by Gasteiger charge is 2.35. The smallest absolute Gasteiger partial charge is 0.261 e. The Morgan fingerprint density at radius 2 is 1.46 bits per heavy atom. The molecule has 1 aliphatic heterocycles. The van der Waals surface area contributed by atoms with Crippen LogP contribution in [0.1, 0.15) is 42.2 Å². The first-order valence-electron chi connectivity index (χ1n) is 11.1. The largest absolute Gasteiger partial charge is 0.493 e. The van der Waals surface area contributed by atoms with Crippen LogP contribution in [0.5, 0.6) is 17.2 Å². The maximum atomic E-state index is 12.9. The van der Waals surface area contributed by atoms with Crippen molar-refractivity contribution in [3.8, 4) is 17.2 Å². The highest BCUT2D eigenvalue weighted by Crippen LogP contribution is 2.38. The molecule has 180 valence electrons. The average molecular weight is 475 g/mol. The van der Waals surface area contributed by atoms with Crippen LogP contribution in [0.25, 0.3) is 0 Å². The second-order valence-corrected chi connectivity index (χ2v) is 7.97. The topological polar surface area (TPSA) is 94.2 Å². The molecule has 0 atom stereocenters. The Balaban J connectivity index is 1.46. The second-order valence-electron chi connectivity index (χ2n) is 7.97. The van der Waals surface area contributed by atoms with E-state index < -0.39 is 0 Å². The van der Waals surface area contributed by atoms with Crippen molar-refractivity contribution in [2.75, 3.05) is 27.9 Å². The van der Waals surface area contributed by atoms with Crippen LogP contribution in [0, 0.1) is 0 Å². The maximum Gasteiger partial charge on any atom is 0.261 e. The van der Waals surface area contributed by atoms with Crippen LogP contribution in [0.3, 0.4) is 0 Å². The molecule has 4 rings (SSSR count). The monoisotopic (exact) mass is 474 g/mol. The van der Waals surface area contributed by atoms with E-state index in [0.717, 1.165) is 11.1 Å². The summed E-state index contributed by atoms with van der Waals surface area (Å²) >= 11 is 0. The number of carbonyl (C=O) groups excluding carboxylic acids is 3. The van der Waals surface area contributed by atoms with E-state index in [1.807, 2.05) is 30.3 Å². The van der Waals surface area contributed by atoms with Crippen molar-refractivity contribution in [2.45, 2.75) is 13.0 Å². The van der Waals surface area contributed by atoms with Crippen molar-refractivity contribution in [1.82, 2.24) is 10.2 Å². The molecule has 1 aliphatic rings. The van der Waals surface area contributed by atoms with Crippen LogP contribution < -0.4 is 19.5 Å². The maximum absolute atomic E-state index is 12.9. The quantitative estimate of drug-likeness (QED) is 0.477. The van der Waals surface area contributed by atoms with Crippen LogP contribution >= 0.6 is 0 Å².